The van der Waals surface area contributed by atoms with Crippen LogP contribution in [-0.2, 0) is 12.8 Å². The average Bonchev–Trinajstić information content (AvgIpc) is 2.49. The number of hydrogen-bond acceptors (Lipinski definition) is 1. The molecule has 1 nitrogen and oxygen atoms in total. The molecular weight excluding hydrogens is 346 g/mol. The highest BCUT2D eigenvalue weighted by Crippen LogP contribution is 2.28. The Balaban J connectivity index is 2.30. The normalized spacial score (nSPS) is 12.4. The van der Waals surface area contributed by atoms with Crippen LogP contribution >= 0.6 is 27.5 Å². The second kappa shape index (κ2) is 7.98. The Hall–Kier alpha value is -0.830. The van der Waals surface area contributed by atoms with Crippen LogP contribution in [0.2, 0.25) is 5.02 Å². The first-order chi connectivity index (χ1) is 10.2. The lowest BCUT2D eigenvalue weighted by atomic mass is 9.93. The van der Waals surface area contributed by atoms with Crippen molar-refractivity contribution in [3.63, 3.8) is 0 Å². The predicted octanol–water partition coefficient (Wildman–Crippen LogP) is 5.56. The van der Waals surface area contributed by atoms with Crippen LogP contribution in [-0.4, -0.2) is 6.54 Å². The highest BCUT2D eigenvalue weighted by atomic mass is 79.9. The molecule has 0 saturated carbocycles. The maximum atomic E-state index is 6.38. The fourth-order valence-electron chi connectivity index (χ4n) is 2.64. The van der Waals surface area contributed by atoms with Crippen molar-refractivity contribution in [3.8, 4) is 0 Å². The zero-order chi connectivity index (χ0) is 15.2. The molecule has 0 spiro atoms. The third-order valence-electron chi connectivity index (χ3n) is 3.70. The van der Waals surface area contributed by atoms with E-state index in [0.29, 0.717) is 6.04 Å². The SMILES string of the molecule is CCNC(Cc1ccc(Br)cc1Cl)c1ccccc1CC. The molecule has 0 fully saturated rings. The van der Waals surface area contributed by atoms with E-state index >= 15 is 0 Å². The van der Waals surface area contributed by atoms with E-state index in [9.17, 15) is 0 Å². The molecule has 0 aliphatic rings. The summed E-state index contributed by atoms with van der Waals surface area (Å²) in [5, 5.41) is 4.41. The van der Waals surface area contributed by atoms with Crippen molar-refractivity contribution in [1.82, 2.24) is 5.32 Å². The number of benzene rings is 2. The van der Waals surface area contributed by atoms with Gasteiger partial charge in [0.1, 0.15) is 0 Å². The largest absolute Gasteiger partial charge is 0.310 e. The molecule has 0 aliphatic heterocycles. The summed E-state index contributed by atoms with van der Waals surface area (Å²) in [7, 11) is 0. The number of rotatable bonds is 6. The number of halogens is 2. The van der Waals surface area contributed by atoms with Crippen molar-refractivity contribution in [3.05, 3.63) is 68.7 Å². The van der Waals surface area contributed by atoms with Crippen LogP contribution in [0.5, 0.6) is 0 Å². The molecule has 112 valence electrons. The van der Waals surface area contributed by atoms with Gasteiger partial charge in [-0.05, 0) is 48.2 Å². The Morgan fingerprint density at radius 1 is 1.10 bits per heavy atom. The van der Waals surface area contributed by atoms with E-state index in [0.717, 1.165) is 28.9 Å². The fraction of sp³-hybridized carbons (Fsp3) is 0.333. The Bertz CT molecular complexity index is 598. The number of hydrogen-bond donors (Lipinski definition) is 1. The van der Waals surface area contributed by atoms with E-state index in [4.69, 9.17) is 11.6 Å². The van der Waals surface area contributed by atoms with Gasteiger partial charge < -0.3 is 5.32 Å². The van der Waals surface area contributed by atoms with Crippen molar-refractivity contribution in [1.29, 1.82) is 0 Å². The van der Waals surface area contributed by atoms with Gasteiger partial charge in [0.2, 0.25) is 0 Å². The van der Waals surface area contributed by atoms with E-state index in [1.165, 1.54) is 16.7 Å². The van der Waals surface area contributed by atoms with Gasteiger partial charge in [0.25, 0.3) is 0 Å². The first-order valence-corrected chi connectivity index (χ1v) is 8.57. The predicted molar refractivity (Wildman–Crippen MR) is 95.1 cm³/mol. The summed E-state index contributed by atoms with van der Waals surface area (Å²) in [6.45, 7) is 5.29. The standard InChI is InChI=1S/C18H21BrClN/c1-3-13-7-5-6-8-16(13)18(21-4-2)11-14-9-10-15(19)12-17(14)20/h5-10,12,18,21H,3-4,11H2,1-2H3. The van der Waals surface area contributed by atoms with Gasteiger partial charge in [-0.25, -0.2) is 0 Å². The van der Waals surface area contributed by atoms with Crippen molar-refractivity contribution >= 4 is 27.5 Å². The molecule has 0 heterocycles. The molecule has 0 saturated heterocycles. The summed E-state index contributed by atoms with van der Waals surface area (Å²) in [6.07, 6.45) is 1.95. The molecule has 0 aliphatic carbocycles. The first-order valence-electron chi connectivity index (χ1n) is 7.40. The molecule has 2 rings (SSSR count). The van der Waals surface area contributed by atoms with E-state index in [1.807, 2.05) is 6.07 Å². The lowest BCUT2D eigenvalue weighted by molar-refractivity contribution is 0.546. The molecule has 3 heteroatoms. The van der Waals surface area contributed by atoms with Crippen LogP contribution < -0.4 is 5.32 Å². The Morgan fingerprint density at radius 3 is 2.52 bits per heavy atom. The smallest absolute Gasteiger partial charge is 0.0449 e. The third kappa shape index (κ3) is 4.32. The Kier molecular flexibility index (Phi) is 6.28. The van der Waals surface area contributed by atoms with Crippen LogP contribution in [0.4, 0.5) is 0 Å². The maximum Gasteiger partial charge on any atom is 0.0449 e. The topological polar surface area (TPSA) is 12.0 Å². The summed E-state index contributed by atoms with van der Waals surface area (Å²) in [5.41, 5.74) is 3.95. The van der Waals surface area contributed by atoms with Gasteiger partial charge in [0.15, 0.2) is 0 Å². The third-order valence-corrected chi connectivity index (χ3v) is 4.55. The van der Waals surface area contributed by atoms with Gasteiger partial charge >= 0.3 is 0 Å². The monoisotopic (exact) mass is 365 g/mol. The quantitative estimate of drug-likeness (QED) is 0.706. The molecule has 0 amide bonds. The summed E-state index contributed by atoms with van der Waals surface area (Å²) in [6, 6.07) is 15.1. The minimum Gasteiger partial charge on any atom is -0.310 e. The van der Waals surface area contributed by atoms with E-state index in [1.54, 1.807) is 0 Å². The van der Waals surface area contributed by atoms with E-state index < -0.39 is 0 Å². The van der Waals surface area contributed by atoms with Crippen LogP contribution in [0.15, 0.2) is 46.9 Å². The molecule has 1 unspecified atom stereocenters. The minimum absolute atomic E-state index is 0.296. The lowest BCUT2D eigenvalue weighted by Gasteiger charge is -2.22. The lowest BCUT2D eigenvalue weighted by Crippen LogP contribution is -2.24. The van der Waals surface area contributed by atoms with Crippen molar-refractivity contribution in [2.45, 2.75) is 32.7 Å². The second-order valence-electron chi connectivity index (χ2n) is 5.10. The Morgan fingerprint density at radius 2 is 1.86 bits per heavy atom. The van der Waals surface area contributed by atoms with Gasteiger partial charge in [-0.15, -0.1) is 0 Å². The average molecular weight is 367 g/mol. The van der Waals surface area contributed by atoms with Crippen LogP contribution in [0.1, 0.15) is 36.6 Å². The molecule has 0 aromatic heterocycles. The molecule has 1 atom stereocenters. The zero-order valence-electron chi connectivity index (χ0n) is 12.5. The molecule has 2 aromatic carbocycles. The highest BCUT2D eigenvalue weighted by Gasteiger charge is 2.15. The van der Waals surface area contributed by atoms with Gasteiger partial charge in [-0.1, -0.05) is 71.7 Å². The van der Waals surface area contributed by atoms with Crippen LogP contribution in [0, 0.1) is 0 Å². The van der Waals surface area contributed by atoms with Crippen molar-refractivity contribution in [2.24, 2.45) is 0 Å². The molecule has 0 bridgehead atoms. The minimum atomic E-state index is 0.296. The number of aryl methyl sites for hydroxylation is 1. The van der Waals surface area contributed by atoms with Crippen LogP contribution in [0.3, 0.4) is 0 Å². The molecular formula is C18H21BrClN. The second-order valence-corrected chi connectivity index (χ2v) is 6.43. The van der Waals surface area contributed by atoms with Gasteiger partial charge in [0.05, 0.1) is 0 Å². The van der Waals surface area contributed by atoms with Gasteiger partial charge in [0, 0.05) is 15.5 Å². The van der Waals surface area contributed by atoms with E-state index in [-0.39, 0.29) is 0 Å². The molecule has 21 heavy (non-hydrogen) atoms. The summed E-state index contributed by atoms with van der Waals surface area (Å²) in [5.74, 6) is 0. The van der Waals surface area contributed by atoms with E-state index in [2.05, 4.69) is 71.5 Å². The number of likely N-dealkylation sites (N-methyl/N-ethyl adjacent to an activating group) is 1. The number of nitrogens with one attached hydrogen (secondary N) is 1. The highest BCUT2D eigenvalue weighted by molar-refractivity contribution is 9.10. The van der Waals surface area contributed by atoms with Gasteiger partial charge in [-0.2, -0.15) is 0 Å². The molecule has 0 radical (unpaired) electrons. The first kappa shape index (κ1) is 16.5. The summed E-state index contributed by atoms with van der Waals surface area (Å²) in [4.78, 5) is 0. The summed E-state index contributed by atoms with van der Waals surface area (Å²) >= 11 is 9.84. The van der Waals surface area contributed by atoms with Gasteiger partial charge in [-0.3, -0.25) is 0 Å². The zero-order valence-corrected chi connectivity index (χ0v) is 14.8. The molecule has 1 N–H and O–H groups in total. The molecule has 2 aromatic rings. The van der Waals surface area contributed by atoms with Crippen molar-refractivity contribution < 1.29 is 0 Å². The summed E-state index contributed by atoms with van der Waals surface area (Å²) < 4.78 is 1.02. The van der Waals surface area contributed by atoms with Crippen molar-refractivity contribution in [2.75, 3.05) is 6.54 Å². The Labute approximate surface area is 140 Å². The van der Waals surface area contributed by atoms with Crippen LogP contribution in [0.25, 0.3) is 0 Å². The fourth-order valence-corrected chi connectivity index (χ4v) is 3.39. The maximum absolute atomic E-state index is 6.38.